The molecule has 1 fully saturated rings. The number of carbonyl (C=O) groups is 2. The molecule has 1 aliphatic rings. The van der Waals surface area contributed by atoms with Crippen molar-refractivity contribution >= 4 is 23.3 Å². The molecule has 0 spiro atoms. The molecule has 0 bridgehead atoms. The van der Waals surface area contributed by atoms with E-state index in [0.29, 0.717) is 18.7 Å². The van der Waals surface area contributed by atoms with E-state index in [9.17, 15) is 9.59 Å². The van der Waals surface area contributed by atoms with Gasteiger partial charge in [0.25, 0.3) is 0 Å². The van der Waals surface area contributed by atoms with Crippen LogP contribution in [0.3, 0.4) is 0 Å². The Morgan fingerprint density at radius 1 is 1.04 bits per heavy atom. The Labute approximate surface area is 136 Å². The van der Waals surface area contributed by atoms with Crippen molar-refractivity contribution in [3.8, 4) is 0 Å². The highest BCUT2D eigenvalue weighted by Crippen LogP contribution is 2.17. The van der Waals surface area contributed by atoms with Crippen molar-refractivity contribution < 1.29 is 9.59 Å². The van der Waals surface area contributed by atoms with Crippen LogP contribution >= 0.6 is 0 Å². The van der Waals surface area contributed by atoms with Crippen molar-refractivity contribution in [1.29, 1.82) is 0 Å². The number of aromatic nitrogens is 1. The summed E-state index contributed by atoms with van der Waals surface area (Å²) >= 11 is 0. The van der Waals surface area contributed by atoms with Crippen molar-refractivity contribution in [2.24, 2.45) is 5.73 Å². The zero-order valence-corrected chi connectivity index (χ0v) is 13.4. The second kappa shape index (κ2) is 8.36. The molecule has 1 aromatic rings. The fourth-order valence-electron chi connectivity index (χ4n) is 2.71. The maximum Gasteiger partial charge on any atom is 0.222 e. The number of rotatable bonds is 7. The van der Waals surface area contributed by atoms with Crippen LogP contribution < -0.4 is 16.4 Å². The molecule has 0 radical (unpaired) electrons. The monoisotopic (exact) mass is 319 g/mol. The molecule has 0 saturated carbocycles. The van der Waals surface area contributed by atoms with Crippen LogP contribution in [0.15, 0.2) is 18.3 Å². The van der Waals surface area contributed by atoms with Gasteiger partial charge in [0.2, 0.25) is 11.8 Å². The van der Waals surface area contributed by atoms with E-state index < -0.39 is 0 Å². The molecule has 1 aromatic heterocycles. The molecule has 23 heavy (non-hydrogen) atoms. The SMILES string of the molecule is NC(=O)CCCCCC(=O)N1CCN(c2ccc(N)nc2)CC1. The lowest BCUT2D eigenvalue weighted by Crippen LogP contribution is -2.48. The van der Waals surface area contributed by atoms with Crippen LogP contribution in [0, 0.1) is 0 Å². The van der Waals surface area contributed by atoms with Crippen LogP contribution in [0.4, 0.5) is 11.5 Å². The first kappa shape index (κ1) is 17.1. The Balaban J connectivity index is 1.68. The fraction of sp³-hybridized carbons (Fsp3) is 0.562. The quantitative estimate of drug-likeness (QED) is 0.721. The Kier molecular flexibility index (Phi) is 6.19. The summed E-state index contributed by atoms with van der Waals surface area (Å²) in [5.41, 5.74) is 11.7. The third-order valence-corrected chi connectivity index (χ3v) is 4.08. The highest BCUT2D eigenvalue weighted by Gasteiger charge is 2.20. The second-order valence-electron chi connectivity index (χ2n) is 5.84. The number of carbonyl (C=O) groups excluding carboxylic acids is 2. The summed E-state index contributed by atoms with van der Waals surface area (Å²) in [7, 11) is 0. The first-order valence-electron chi connectivity index (χ1n) is 8.09. The van der Waals surface area contributed by atoms with Crippen LogP contribution in [0.2, 0.25) is 0 Å². The molecular formula is C16H25N5O2. The molecule has 4 N–H and O–H groups in total. The normalized spacial score (nSPS) is 14.8. The summed E-state index contributed by atoms with van der Waals surface area (Å²) in [6.45, 7) is 3.06. The molecule has 0 aromatic carbocycles. The minimum Gasteiger partial charge on any atom is -0.384 e. The van der Waals surface area contributed by atoms with Gasteiger partial charge < -0.3 is 21.3 Å². The predicted molar refractivity (Wildman–Crippen MR) is 89.7 cm³/mol. The molecule has 2 rings (SSSR count). The molecule has 0 aliphatic carbocycles. The molecule has 126 valence electrons. The average molecular weight is 319 g/mol. The summed E-state index contributed by atoms with van der Waals surface area (Å²) in [6.07, 6.45) is 5.16. The highest BCUT2D eigenvalue weighted by molar-refractivity contribution is 5.76. The van der Waals surface area contributed by atoms with E-state index in [2.05, 4.69) is 9.88 Å². The van der Waals surface area contributed by atoms with Gasteiger partial charge in [0.05, 0.1) is 11.9 Å². The number of nitrogens with zero attached hydrogens (tertiary/aromatic N) is 3. The van der Waals surface area contributed by atoms with Gasteiger partial charge in [-0.25, -0.2) is 4.98 Å². The average Bonchev–Trinajstić information content (AvgIpc) is 2.55. The van der Waals surface area contributed by atoms with Crippen molar-refractivity contribution in [3.05, 3.63) is 18.3 Å². The van der Waals surface area contributed by atoms with Crippen molar-refractivity contribution in [2.45, 2.75) is 32.1 Å². The van der Waals surface area contributed by atoms with Crippen molar-refractivity contribution in [1.82, 2.24) is 9.88 Å². The van der Waals surface area contributed by atoms with Gasteiger partial charge in [-0.3, -0.25) is 9.59 Å². The number of unbranched alkanes of at least 4 members (excludes halogenated alkanes) is 2. The number of anilines is 2. The number of hydrogen-bond acceptors (Lipinski definition) is 5. The zero-order chi connectivity index (χ0) is 16.7. The molecular weight excluding hydrogens is 294 g/mol. The summed E-state index contributed by atoms with van der Waals surface area (Å²) in [5.74, 6) is 0.433. The third-order valence-electron chi connectivity index (χ3n) is 4.08. The van der Waals surface area contributed by atoms with E-state index in [-0.39, 0.29) is 11.8 Å². The highest BCUT2D eigenvalue weighted by atomic mass is 16.2. The van der Waals surface area contributed by atoms with Gasteiger partial charge in [-0.05, 0) is 25.0 Å². The number of amides is 2. The molecule has 1 saturated heterocycles. The molecule has 1 aliphatic heterocycles. The molecule has 0 unspecified atom stereocenters. The van der Waals surface area contributed by atoms with Gasteiger partial charge >= 0.3 is 0 Å². The largest absolute Gasteiger partial charge is 0.384 e. The van der Waals surface area contributed by atoms with Crippen molar-refractivity contribution in [2.75, 3.05) is 36.8 Å². The number of nitrogen functional groups attached to an aromatic ring is 1. The lowest BCUT2D eigenvalue weighted by Gasteiger charge is -2.36. The van der Waals surface area contributed by atoms with Gasteiger partial charge in [-0.15, -0.1) is 0 Å². The van der Waals surface area contributed by atoms with E-state index in [1.165, 1.54) is 0 Å². The van der Waals surface area contributed by atoms with E-state index in [4.69, 9.17) is 11.5 Å². The summed E-state index contributed by atoms with van der Waals surface area (Å²) < 4.78 is 0. The molecule has 2 amide bonds. The topological polar surface area (TPSA) is 106 Å². The van der Waals surface area contributed by atoms with Crippen LogP contribution in [0.25, 0.3) is 0 Å². The number of hydrogen-bond donors (Lipinski definition) is 2. The molecule has 0 atom stereocenters. The molecule has 7 nitrogen and oxygen atoms in total. The minimum absolute atomic E-state index is 0.194. The van der Waals surface area contributed by atoms with Crippen LogP contribution in [-0.4, -0.2) is 47.9 Å². The smallest absolute Gasteiger partial charge is 0.222 e. The Hall–Kier alpha value is -2.31. The van der Waals surface area contributed by atoms with E-state index in [1.807, 2.05) is 11.0 Å². The summed E-state index contributed by atoms with van der Waals surface area (Å²) in [6, 6.07) is 3.75. The maximum atomic E-state index is 12.2. The van der Waals surface area contributed by atoms with Gasteiger partial charge in [0, 0.05) is 39.0 Å². The van der Waals surface area contributed by atoms with E-state index >= 15 is 0 Å². The minimum atomic E-state index is -0.274. The molecule has 2 heterocycles. The first-order valence-corrected chi connectivity index (χ1v) is 8.09. The van der Waals surface area contributed by atoms with Gasteiger partial charge in [0.1, 0.15) is 5.82 Å². The maximum absolute atomic E-state index is 12.2. The number of piperazine rings is 1. The number of pyridine rings is 1. The van der Waals surface area contributed by atoms with Crippen LogP contribution in [0.1, 0.15) is 32.1 Å². The van der Waals surface area contributed by atoms with Gasteiger partial charge in [0.15, 0.2) is 0 Å². The Bertz CT molecular complexity index is 524. The van der Waals surface area contributed by atoms with Crippen LogP contribution in [0.5, 0.6) is 0 Å². The first-order chi connectivity index (χ1) is 11.1. The van der Waals surface area contributed by atoms with Crippen molar-refractivity contribution in [3.63, 3.8) is 0 Å². The van der Waals surface area contributed by atoms with Crippen LogP contribution in [-0.2, 0) is 9.59 Å². The van der Waals surface area contributed by atoms with Gasteiger partial charge in [-0.1, -0.05) is 6.42 Å². The standard InChI is InChI=1S/C16H25N5O2/c17-14-7-6-13(12-19-14)20-8-10-21(11-9-20)16(23)5-3-1-2-4-15(18)22/h6-7,12H,1-5,8-11H2,(H2,17,19)(H2,18,22). The van der Waals surface area contributed by atoms with E-state index in [1.54, 1.807) is 12.3 Å². The second-order valence-corrected chi connectivity index (χ2v) is 5.84. The number of nitrogens with two attached hydrogens (primary N) is 2. The predicted octanol–water partition coefficient (Wildman–Crippen LogP) is 0.748. The fourth-order valence-corrected chi connectivity index (χ4v) is 2.71. The Morgan fingerprint density at radius 2 is 1.74 bits per heavy atom. The number of primary amides is 1. The lowest BCUT2D eigenvalue weighted by atomic mass is 10.1. The third kappa shape index (κ3) is 5.43. The van der Waals surface area contributed by atoms with Gasteiger partial charge in [-0.2, -0.15) is 0 Å². The van der Waals surface area contributed by atoms with E-state index in [0.717, 1.165) is 51.1 Å². The zero-order valence-electron chi connectivity index (χ0n) is 13.4. The Morgan fingerprint density at radius 3 is 2.35 bits per heavy atom. The summed E-state index contributed by atoms with van der Waals surface area (Å²) in [5, 5.41) is 0. The molecule has 7 heteroatoms. The summed E-state index contributed by atoms with van der Waals surface area (Å²) in [4.78, 5) is 31.0. The lowest BCUT2D eigenvalue weighted by molar-refractivity contribution is -0.131.